The molecule has 0 bridgehead atoms. The highest BCUT2D eigenvalue weighted by molar-refractivity contribution is 7.89. The fraction of sp³-hybridized carbons (Fsp3) is 0.333. The second-order valence-electron chi connectivity index (χ2n) is 6.35. The van der Waals surface area contributed by atoms with Gasteiger partial charge in [-0.25, -0.2) is 13.1 Å². The molecule has 0 amide bonds. The van der Waals surface area contributed by atoms with Crippen LogP contribution in [0.5, 0.6) is 0 Å². The average molecular weight is 384 g/mol. The maximum atomic E-state index is 12.6. The smallest absolute Gasteiger partial charge is 0.297 e. The lowest BCUT2D eigenvalue weighted by Gasteiger charge is -2.17. The third kappa shape index (κ3) is 4.63. The van der Waals surface area contributed by atoms with Crippen LogP contribution in [0.15, 0.2) is 59.5 Å². The second-order valence-corrected chi connectivity index (χ2v) is 8.06. The van der Waals surface area contributed by atoms with Crippen molar-refractivity contribution < 1.29 is 21.6 Å². The molecule has 0 aromatic heterocycles. The Hall–Kier alpha value is -1.90. The van der Waals surface area contributed by atoms with Gasteiger partial charge in [0, 0.05) is 25.7 Å². The molecule has 1 aliphatic heterocycles. The molecular weight excluding hydrogens is 365 g/mol. The van der Waals surface area contributed by atoms with Crippen LogP contribution in [0.25, 0.3) is 0 Å². The predicted octanol–water partition coefficient (Wildman–Crippen LogP) is 3.26. The number of hydrogen-bond donors (Lipinski definition) is 1. The van der Waals surface area contributed by atoms with Crippen LogP contribution < -0.4 is 4.72 Å². The number of halogens is 3. The van der Waals surface area contributed by atoms with Gasteiger partial charge in [-0.3, -0.25) is 4.90 Å². The molecule has 0 unspecified atom stereocenters. The Morgan fingerprint density at radius 1 is 1.04 bits per heavy atom. The summed E-state index contributed by atoms with van der Waals surface area (Å²) in [5.74, 6) is 0. The van der Waals surface area contributed by atoms with Gasteiger partial charge < -0.3 is 0 Å². The molecule has 1 N–H and O–H groups in total. The first-order valence-corrected chi connectivity index (χ1v) is 9.68. The molecule has 1 atom stereocenters. The van der Waals surface area contributed by atoms with E-state index in [9.17, 15) is 21.6 Å². The summed E-state index contributed by atoms with van der Waals surface area (Å²) in [6, 6.07) is 13.2. The van der Waals surface area contributed by atoms with Crippen molar-refractivity contribution in [2.45, 2.75) is 30.1 Å². The molecule has 26 heavy (non-hydrogen) atoms. The summed E-state index contributed by atoms with van der Waals surface area (Å²) >= 11 is 0. The number of benzene rings is 2. The van der Waals surface area contributed by atoms with Crippen LogP contribution in [0.3, 0.4) is 0 Å². The molecule has 8 heteroatoms. The van der Waals surface area contributed by atoms with Gasteiger partial charge in [0.1, 0.15) is 0 Å². The first-order valence-electron chi connectivity index (χ1n) is 8.20. The van der Waals surface area contributed by atoms with Crippen LogP contribution in [0.1, 0.15) is 17.5 Å². The van der Waals surface area contributed by atoms with E-state index in [0.717, 1.165) is 42.9 Å². The fourth-order valence-electron chi connectivity index (χ4n) is 3.02. The Morgan fingerprint density at radius 3 is 2.31 bits per heavy atom. The molecule has 3 rings (SSSR count). The van der Waals surface area contributed by atoms with Crippen LogP contribution in [-0.4, -0.2) is 32.4 Å². The summed E-state index contributed by atoms with van der Waals surface area (Å²) in [6.07, 6.45) is -3.83. The Morgan fingerprint density at radius 2 is 1.69 bits per heavy atom. The van der Waals surface area contributed by atoms with E-state index in [4.69, 9.17) is 0 Å². The lowest BCUT2D eigenvalue weighted by atomic mass is 10.2. The zero-order chi connectivity index (χ0) is 18.8. The molecule has 4 nitrogen and oxygen atoms in total. The largest absolute Gasteiger partial charge is 0.416 e. The van der Waals surface area contributed by atoms with Gasteiger partial charge in [0.2, 0.25) is 10.0 Å². The zero-order valence-corrected chi connectivity index (χ0v) is 14.7. The third-order valence-electron chi connectivity index (χ3n) is 4.34. The van der Waals surface area contributed by atoms with Gasteiger partial charge in [0.25, 0.3) is 0 Å². The number of nitrogens with one attached hydrogen (secondary N) is 1. The minimum Gasteiger partial charge on any atom is -0.297 e. The number of rotatable bonds is 5. The van der Waals surface area contributed by atoms with E-state index in [1.807, 2.05) is 30.3 Å². The highest BCUT2D eigenvalue weighted by Gasteiger charge is 2.31. The molecular formula is C18H19F3N2O2S. The Bertz CT molecular complexity index is 837. The third-order valence-corrected chi connectivity index (χ3v) is 5.87. The molecule has 1 fully saturated rings. The van der Waals surface area contributed by atoms with E-state index in [1.165, 1.54) is 0 Å². The van der Waals surface area contributed by atoms with Gasteiger partial charge in [-0.15, -0.1) is 0 Å². The van der Waals surface area contributed by atoms with Gasteiger partial charge in [-0.1, -0.05) is 30.3 Å². The summed E-state index contributed by atoms with van der Waals surface area (Å²) in [7, 11) is -3.85. The Labute approximate surface area is 150 Å². The van der Waals surface area contributed by atoms with E-state index >= 15 is 0 Å². The van der Waals surface area contributed by atoms with E-state index in [0.29, 0.717) is 13.0 Å². The number of nitrogens with zero attached hydrogens (tertiary/aromatic N) is 1. The molecule has 140 valence electrons. The average Bonchev–Trinajstić information content (AvgIpc) is 3.01. The molecule has 1 heterocycles. The monoisotopic (exact) mass is 384 g/mol. The van der Waals surface area contributed by atoms with Crippen LogP contribution in [0.4, 0.5) is 13.2 Å². The highest BCUT2D eigenvalue weighted by Crippen LogP contribution is 2.29. The fourth-order valence-corrected chi connectivity index (χ4v) is 4.29. The van der Waals surface area contributed by atoms with Gasteiger partial charge in [0.05, 0.1) is 10.5 Å². The summed E-state index contributed by atoms with van der Waals surface area (Å²) in [5, 5.41) is 0. The van der Waals surface area contributed by atoms with Crippen molar-refractivity contribution in [3.8, 4) is 0 Å². The molecule has 1 saturated heterocycles. The quantitative estimate of drug-likeness (QED) is 0.861. The molecule has 0 spiro atoms. The van der Waals surface area contributed by atoms with Gasteiger partial charge in [-0.2, -0.15) is 13.2 Å². The number of alkyl halides is 3. The molecule has 0 saturated carbocycles. The van der Waals surface area contributed by atoms with Crippen molar-refractivity contribution in [3.63, 3.8) is 0 Å². The lowest BCUT2D eigenvalue weighted by molar-refractivity contribution is -0.137. The van der Waals surface area contributed by atoms with Crippen LogP contribution >= 0.6 is 0 Å². The SMILES string of the molecule is O=S(=O)(N[C@@H]1CCN(Cc2ccccc2)C1)c1ccc(C(F)(F)F)cc1. The van der Waals surface area contributed by atoms with E-state index in [1.54, 1.807) is 0 Å². The van der Waals surface area contributed by atoms with Gasteiger partial charge in [0.15, 0.2) is 0 Å². The van der Waals surface area contributed by atoms with Crippen molar-refractivity contribution >= 4 is 10.0 Å². The van der Waals surface area contributed by atoms with Crippen LogP contribution in [0, 0.1) is 0 Å². The predicted molar refractivity (Wildman–Crippen MR) is 91.9 cm³/mol. The van der Waals surface area contributed by atoms with Crippen molar-refractivity contribution in [3.05, 3.63) is 65.7 Å². The number of sulfonamides is 1. The number of likely N-dealkylation sites (tertiary alicyclic amines) is 1. The summed E-state index contributed by atoms with van der Waals surface area (Å²) < 4.78 is 65.2. The van der Waals surface area contributed by atoms with Crippen molar-refractivity contribution in [1.29, 1.82) is 0 Å². The maximum Gasteiger partial charge on any atom is 0.416 e. The maximum absolute atomic E-state index is 12.6. The van der Waals surface area contributed by atoms with Gasteiger partial charge >= 0.3 is 6.18 Å². The van der Waals surface area contributed by atoms with Crippen LogP contribution in [-0.2, 0) is 22.7 Å². The molecule has 2 aromatic carbocycles. The Balaban J connectivity index is 1.61. The van der Waals surface area contributed by atoms with Crippen molar-refractivity contribution in [2.24, 2.45) is 0 Å². The first-order chi connectivity index (χ1) is 12.2. The minimum atomic E-state index is -4.49. The van der Waals surface area contributed by atoms with Crippen LogP contribution in [0.2, 0.25) is 0 Å². The van der Waals surface area contributed by atoms with E-state index < -0.39 is 21.8 Å². The molecule has 0 aliphatic carbocycles. The topological polar surface area (TPSA) is 49.4 Å². The second kappa shape index (κ2) is 7.38. The molecule has 0 radical (unpaired) electrons. The minimum absolute atomic E-state index is 0.160. The lowest BCUT2D eigenvalue weighted by Crippen LogP contribution is -2.37. The standard InChI is InChI=1S/C18H19F3N2O2S/c19-18(20,21)15-6-8-17(9-7-15)26(24,25)22-16-10-11-23(13-16)12-14-4-2-1-3-5-14/h1-9,16,22H,10-13H2/t16-/m1/s1. The first kappa shape index (κ1) is 18.9. The Kier molecular flexibility index (Phi) is 5.36. The zero-order valence-electron chi connectivity index (χ0n) is 13.9. The molecule has 2 aromatic rings. The summed E-state index contributed by atoms with van der Waals surface area (Å²) in [6.45, 7) is 2.06. The normalized spacial score (nSPS) is 19.0. The van der Waals surface area contributed by atoms with Crippen molar-refractivity contribution in [2.75, 3.05) is 13.1 Å². The number of hydrogen-bond acceptors (Lipinski definition) is 3. The van der Waals surface area contributed by atoms with Gasteiger partial charge in [-0.05, 0) is 36.2 Å². The van der Waals surface area contributed by atoms with E-state index in [2.05, 4.69) is 9.62 Å². The molecule has 1 aliphatic rings. The summed E-state index contributed by atoms with van der Waals surface area (Å²) in [5.41, 5.74) is 0.282. The highest BCUT2D eigenvalue weighted by atomic mass is 32.2. The van der Waals surface area contributed by atoms with Crippen molar-refractivity contribution in [1.82, 2.24) is 9.62 Å². The van der Waals surface area contributed by atoms with E-state index in [-0.39, 0.29) is 10.9 Å². The summed E-state index contributed by atoms with van der Waals surface area (Å²) in [4.78, 5) is 1.99.